The minimum atomic E-state index is -3.72. The van der Waals surface area contributed by atoms with Crippen LogP contribution in [0.15, 0.2) is 34.1 Å². The van der Waals surface area contributed by atoms with E-state index in [0.29, 0.717) is 12.8 Å². The fraction of sp³-hybridized carbons (Fsp3) is 0.538. The van der Waals surface area contributed by atoms with Crippen LogP contribution in [0.4, 0.5) is 0 Å². The molecule has 0 unspecified atom stereocenters. The SMILES string of the molecule is CS(=O)(=O)c1cccc(S(=O)(=O)NC2CCC(N)CC2)c1. The van der Waals surface area contributed by atoms with E-state index in [9.17, 15) is 16.8 Å². The normalized spacial score (nSPS) is 23.9. The molecule has 1 aliphatic carbocycles. The molecule has 21 heavy (non-hydrogen) atoms. The summed E-state index contributed by atoms with van der Waals surface area (Å²) in [6.45, 7) is 0. The lowest BCUT2D eigenvalue weighted by Crippen LogP contribution is -2.40. The van der Waals surface area contributed by atoms with E-state index in [1.807, 2.05) is 0 Å². The summed E-state index contributed by atoms with van der Waals surface area (Å²) >= 11 is 0. The van der Waals surface area contributed by atoms with Gasteiger partial charge in [0.15, 0.2) is 9.84 Å². The third-order valence-corrected chi connectivity index (χ3v) is 6.27. The van der Waals surface area contributed by atoms with E-state index in [0.717, 1.165) is 19.1 Å². The first-order valence-corrected chi connectivity index (χ1v) is 10.1. The van der Waals surface area contributed by atoms with E-state index in [2.05, 4.69) is 4.72 Å². The second-order valence-electron chi connectivity index (χ2n) is 5.48. The molecule has 1 fully saturated rings. The molecule has 0 spiro atoms. The quantitative estimate of drug-likeness (QED) is 0.841. The van der Waals surface area contributed by atoms with Gasteiger partial charge in [0.2, 0.25) is 10.0 Å². The molecule has 0 amide bonds. The van der Waals surface area contributed by atoms with Crippen molar-refractivity contribution in [3.8, 4) is 0 Å². The Bertz CT molecular complexity index is 705. The van der Waals surface area contributed by atoms with Crippen LogP contribution in [0.2, 0.25) is 0 Å². The lowest BCUT2D eigenvalue weighted by molar-refractivity contribution is 0.373. The molecule has 118 valence electrons. The van der Waals surface area contributed by atoms with Gasteiger partial charge < -0.3 is 5.73 Å². The van der Waals surface area contributed by atoms with Crippen molar-refractivity contribution < 1.29 is 16.8 Å². The molecule has 1 aromatic carbocycles. The zero-order valence-corrected chi connectivity index (χ0v) is 13.5. The zero-order valence-electron chi connectivity index (χ0n) is 11.8. The molecular weight excluding hydrogens is 312 g/mol. The summed E-state index contributed by atoms with van der Waals surface area (Å²) in [7, 11) is -7.15. The van der Waals surface area contributed by atoms with Gasteiger partial charge in [-0.3, -0.25) is 0 Å². The van der Waals surface area contributed by atoms with Gasteiger partial charge in [-0.05, 0) is 43.9 Å². The second kappa shape index (κ2) is 6.04. The van der Waals surface area contributed by atoms with Crippen LogP contribution < -0.4 is 10.5 Å². The summed E-state index contributed by atoms with van der Waals surface area (Å²) in [4.78, 5) is -0.0312. The third-order valence-electron chi connectivity index (χ3n) is 3.64. The van der Waals surface area contributed by atoms with Gasteiger partial charge in [-0.1, -0.05) is 6.07 Å². The molecule has 1 aromatic rings. The first kappa shape index (κ1) is 16.4. The van der Waals surface area contributed by atoms with Crippen LogP contribution in [0.5, 0.6) is 0 Å². The molecule has 6 nitrogen and oxygen atoms in total. The van der Waals surface area contributed by atoms with Gasteiger partial charge in [0.05, 0.1) is 9.79 Å². The topological polar surface area (TPSA) is 106 Å². The highest BCUT2D eigenvalue weighted by molar-refractivity contribution is 7.91. The summed E-state index contributed by atoms with van der Waals surface area (Å²) in [5, 5.41) is 0. The van der Waals surface area contributed by atoms with Gasteiger partial charge in [0.25, 0.3) is 0 Å². The van der Waals surface area contributed by atoms with E-state index in [1.54, 1.807) is 0 Å². The number of nitrogens with two attached hydrogens (primary N) is 1. The number of sulfonamides is 1. The maximum absolute atomic E-state index is 12.3. The molecule has 0 radical (unpaired) electrons. The van der Waals surface area contributed by atoms with Crippen molar-refractivity contribution in [3.63, 3.8) is 0 Å². The van der Waals surface area contributed by atoms with E-state index < -0.39 is 19.9 Å². The number of hydrogen-bond donors (Lipinski definition) is 2. The summed E-state index contributed by atoms with van der Waals surface area (Å²) in [6.07, 6.45) is 4.03. The molecule has 0 atom stereocenters. The van der Waals surface area contributed by atoms with Gasteiger partial charge in [0.1, 0.15) is 0 Å². The predicted octanol–water partition coefficient (Wildman–Crippen LogP) is 0.638. The van der Waals surface area contributed by atoms with E-state index in [1.165, 1.54) is 24.3 Å². The first-order chi connectivity index (χ1) is 9.68. The molecule has 3 N–H and O–H groups in total. The number of hydrogen-bond acceptors (Lipinski definition) is 5. The van der Waals surface area contributed by atoms with Crippen LogP contribution in [-0.2, 0) is 19.9 Å². The molecule has 0 aromatic heterocycles. The summed E-state index contributed by atoms with van der Waals surface area (Å²) < 4.78 is 50.3. The molecule has 0 aliphatic heterocycles. The molecular formula is C13H20N2O4S2. The Kier molecular flexibility index (Phi) is 4.72. The molecule has 0 bridgehead atoms. The molecule has 1 saturated carbocycles. The average Bonchev–Trinajstić information content (AvgIpc) is 2.40. The van der Waals surface area contributed by atoms with Crippen LogP contribution >= 0.6 is 0 Å². The van der Waals surface area contributed by atoms with Crippen LogP contribution in [0.3, 0.4) is 0 Å². The van der Waals surface area contributed by atoms with E-state index >= 15 is 0 Å². The van der Waals surface area contributed by atoms with Gasteiger partial charge in [-0.25, -0.2) is 21.6 Å². The molecule has 0 saturated heterocycles. The van der Waals surface area contributed by atoms with Crippen molar-refractivity contribution in [2.45, 2.75) is 47.6 Å². The molecule has 0 heterocycles. The van der Waals surface area contributed by atoms with Gasteiger partial charge in [-0.2, -0.15) is 0 Å². The van der Waals surface area contributed by atoms with Crippen molar-refractivity contribution in [1.82, 2.24) is 4.72 Å². The van der Waals surface area contributed by atoms with Crippen molar-refractivity contribution >= 4 is 19.9 Å². The summed E-state index contributed by atoms with van der Waals surface area (Å²) in [5.74, 6) is 0. The molecule has 2 rings (SSSR count). The Labute approximate surface area is 125 Å². The lowest BCUT2D eigenvalue weighted by atomic mass is 9.93. The highest BCUT2D eigenvalue weighted by Gasteiger charge is 2.25. The Hall–Kier alpha value is -0.960. The number of rotatable bonds is 4. The van der Waals surface area contributed by atoms with Crippen molar-refractivity contribution in [3.05, 3.63) is 24.3 Å². The summed E-state index contributed by atoms with van der Waals surface area (Å²) in [6, 6.07) is 5.39. The van der Waals surface area contributed by atoms with Gasteiger partial charge in [0, 0.05) is 18.3 Å². The Morgan fingerprint density at radius 3 is 2.19 bits per heavy atom. The largest absolute Gasteiger partial charge is 0.328 e. The second-order valence-corrected chi connectivity index (χ2v) is 9.21. The predicted molar refractivity (Wildman–Crippen MR) is 80.1 cm³/mol. The first-order valence-electron chi connectivity index (χ1n) is 6.76. The van der Waals surface area contributed by atoms with Crippen LogP contribution in [0.25, 0.3) is 0 Å². The lowest BCUT2D eigenvalue weighted by Gasteiger charge is -2.26. The summed E-state index contributed by atoms with van der Waals surface area (Å²) in [5.41, 5.74) is 5.80. The van der Waals surface area contributed by atoms with Crippen molar-refractivity contribution in [2.24, 2.45) is 5.73 Å². The maximum atomic E-state index is 12.3. The minimum absolute atomic E-state index is 0.00367. The highest BCUT2D eigenvalue weighted by atomic mass is 32.2. The smallest absolute Gasteiger partial charge is 0.240 e. The maximum Gasteiger partial charge on any atom is 0.240 e. The van der Waals surface area contributed by atoms with Crippen LogP contribution in [-0.4, -0.2) is 35.2 Å². The standard InChI is InChI=1S/C13H20N2O4S2/c1-20(16,17)12-3-2-4-13(9-12)21(18,19)15-11-7-5-10(14)6-8-11/h2-4,9-11,15H,5-8,14H2,1H3. The fourth-order valence-electron chi connectivity index (χ4n) is 2.40. The average molecular weight is 332 g/mol. The Morgan fingerprint density at radius 1 is 1.05 bits per heavy atom. The molecule has 1 aliphatic rings. The van der Waals surface area contributed by atoms with Gasteiger partial charge >= 0.3 is 0 Å². The van der Waals surface area contributed by atoms with E-state index in [-0.39, 0.29) is 21.9 Å². The number of sulfone groups is 1. The minimum Gasteiger partial charge on any atom is -0.328 e. The third kappa shape index (κ3) is 4.26. The number of benzene rings is 1. The van der Waals surface area contributed by atoms with Gasteiger partial charge in [-0.15, -0.1) is 0 Å². The molecule has 8 heteroatoms. The van der Waals surface area contributed by atoms with E-state index in [4.69, 9.17) is 5.73 Å². The zero-order chi connectivity index (χ0) is 15.7. The van der Waals surface area contributed by atoms with Crippen molar-refractivity contribution in [1.29, 1.82) is 0 Å². The monoisotopic (exact) mass is 332 g/mol. The number of nitrogens with one attached hydrogen (secondary N) is 1. The Morgan fingerprint density at radius 2 is 1.62 bits per heavy atom. The van der Waals surface area contributed by atoms with Crippen molar-refractivity contribution in [2.75, 3.05) is 6.26 Å². The highest BCUT2D eigenvalue weighted by Crippen LogP contribution is 2.21. The fourth-order valence-corrected chi connectivity index (χ4v) is 4.49. The van der Waals surface area contributed by atoms with Crippen LogP contribution in [0.1, 0.15) is 25.7 Å². The Balaban J connectivity index is 2.20. The van der Waals surface area contributed by atoms with Crippen LogP contribution in [0, 0.1) is 0 Å².